The highest BCUT2D eigenvalue weighted by molar-refractivity contribution is 5.82. The molecule has 8 heteroatoms. The molecule has 3 amide bonds. The van der Waals surface area contributed by atoms with Gasteiger partial charge in [0.15, 0.2) is 6.61 Å². The van der Waals surface area contributed by atoms with E-state index in [1.54, 1.807) is 20.8 Å². The standard InChI is InChI=1S/C20H31N3O5/c1-5-6-15-7-9-16(10-8-15)27-14-18(25)22-12-11-21-17(24)13-23-19(26)28-20(2,3)4/h7-10H,5-6,11-14H2,1-4H3,(H,21,24)(H,22,25)(H,23,26). The third-order valence-electron chi connectivity index (χ3n) is 3.39. The largest absolute Gasteiger partial charge is 0.484 e. The molecule has 8 nitrogen and oxygen atoms in total. The molecule has 28 heavy (non-hydrogen) atoms. The average molecular weight is 393 g/mol. The summed E-state index contributed by atoms with van der Waals surface area (Å²) in [5.41, 5.74) is 0.612. The van der Waals surface area contributed by atoms with Crippen LogP contribution in [0, 0.1) is 0 Å². The molecule has 0 aliphatic carbocycles. The van der Waals surface area contributed by atoms with E-state index >= 15 is 0 Å². The van der Waals surface area contributed by atoms with Gasteiger partial charge in [0.1, 0.15) is 11.4 Å². The maximum absolute atomic E-state index is 11.8. The van der Waals surface area contributed by atoms with Crippen LogP contribution in [0.5, 0.6) is 5.75 Å². The second-order valence-corrected chi connectivity index (χ2v) is 7.24. The van der Waals surface area contributed by atoms with Crippen LogP contribution in [-0.2, 0) is 20.7 Å². The first-order chi connectivity index (χ1) is 13.2. The van der Waals surface area contributed by atoms with Crippen LogP contribution in [0.2, 0.25) is 0 Å². The Bertz CT molecular complexity index is 638. The number of alkyl carbamates (subject to hydrolysis) is 1. The molecule has 1 rings (SSSR count). The van der Waals surface area contributed by atoms with Crippen molar-refractivity contribution in [3.63, 3.8) is 0 Å². The van der Waals surface area contributed by atoms with Gasteiger partial charge in [-0.2, -0.15) is 0 Å². The van der Waals surface area contributed by atoms with Crippen LogP contribution in [0.1, 0.15) is 39.7 Å². The molecule has 0 bridgehead atoms. The number of rotatable bonds is 10. The molecule has 156 valence electrons. The van der Waals surface area contributed by atoms with E-state index in [0.717, 1.165) is 12.8 Å². The highest BCUT2D eigenvalue weighted by Gasteiger charge is 2.16. The molecule has 0 spiro atoms. The van der Waals surface area contributed by atoms with Crippen molar-refractivity contribution in [2.75, 3.05) is 26.2 Å². The molecule has 0 saturated heterocycles. The first-order valence-corrected chi connectivity index (χ1v) is 9.41. The molecular weight excluding hydrogens is 362 g/mol. The number of carbonyl (C=O) groups is 3. The number of hydrogen-bond acceptors (Lipinski definition) is 5. The van der Waals surface area contributed by atoms with Crippen LogP contribution >= 0.6 is 0 Å². The topological polar surface area (TPSA) is 106 Å². The smallest absolute Gasteiger partial charge is 0.408 e. The average Bonchev–Trinajstić information content (AvgIpc) is 2.62. The summed E-state index contributed by atoms with van der Waals surface area (Å²) in [6.45, 7) is 7.54. The third kappa shape index (κ3) is 11.1. The van der Waals surface area contributed by atoms with Crippen molar-refractivity contribution in [3.8, 4) is 5.75 Å². The fourth-order valence-electron chi connectivity index (χ4n) is 2.17. The normalized spacial score (nSPS) is 10.7. The SMILES string of the molecule is CCCc1ccc(OCC(=O)NCCNC(=O)CNC(=O)OC(C)(C)C)cc1. The van der Waals surface area contributed by atoms with Crippen LogP contribution < -0.4 is 20.7 Å². The van der Waals surface area contributed by atoms with Gasteiger partial charge in [0, 0.05) is 13.1 Å². The van der Waals surface area contributed by atoms with Crippen molar-refractivity contribution in [3.05, 3.63) is 29.8 Å². The lowest BCUT2D eigenvalue weighted by molar-refractivity contribution is -0.123. The zero-order valence-corrected chi connectivity index (χ0v) is 17.1. The number of aryl methyl sites for hydroxylation is 1. The van der Waals surface area contributed by atoms with E-state index < -0.39 is 11.7 Å². The summed E-state index contributed by atoms with van der Waals surface area (Å²) in [6.07, 6.45) is 1.44. The summed E-state index contributed by atoms with van der Waals surface area (Å²) in [5.74, 6) is -0.0150. The Morgan fingerprint density at radius 2 is 1.54 bits per heavy atom. The Morgan fingerprint density at radius 1 is 0.929 bits per heavy atom. The molecule has 0 atom stereocenters. The summed E-state index contributed by atoms with van der Waals surface area (Å²) in [4.78, 5) is 34.8. The lowest BCUT2D eigenvalue weighted by atomic mass is 10.1. The van der Waals surface area contributed by atoms with Gasteiger partial charge in [0.05, 0.1) is 6.54 Å². The van der Waals surface area contributed by atoms with Gasteiger partial charge in [-0.05, 0) is 44.9 Å². The molecule has 0 aromatic heterocycles. The van der Waals surface area contributed by atoms with E-state index in [2.05, 4.69) is 22.9 Å². The van der Waals surface area contributed by atoms with E-state index in [1.807, 2.05) is 24.3 Å². The molecule has 1 aromatic rings. The third-order valence-corrected chi connectivity index (χ3v) is 3.39. The highest BCUT2D eigenvalue weighted by atomic mass is 16.6. The number of carbonyl (C=O) groups excluding carboxylic acids is 3. The van der Waals surface area contributed by atoms with E-state index in [-0.39, 0.29) is 38.1 Å². The Hall–Kier alpha value is -2.77. The van der Waals surface area contributed by atoms with Crippen molar-refractivity contribution in [1.82, 2.24) is 16.0 Å². The van der Waals surface area contributed by atoms with Crippen LogP contribution in [0.3, 0.4) is 0 Å². The zero-order chi connectivity index (χ0) is 21.0. The molecule has 1 aromatic carbocycles. The fourth-order valence-corrected chi connectivity index (χ4v) is 2.17. The van der Waals surface area contributed by atoms with E-state index in [0.29, 0.717) is 5.75 Å². The van der Waals surface area contributed by atoms with Crippen molar-refractivity contribution in [2.24, 2.45) is 0 Å². The van der Waals surface area contributed by atoms with E-state index in [1.165, 1.54) is 5.56 Å². The van der Waals surface area contributed by atoms with E-state index in [4.69, 9.17) is 9.47 Å². The first-order valence-electron chi connectivity index (χ1n) is 9.41. The number of ether oxygens (including phenoxy) is 2. The fraction of sp³-hybridized carbons (Fsp3) is 0.550. The van der Waals surface area contributed by atoms with Crippen LogP contribution in [-0.4, -0.2) is 49.7 Å². The number of benzene rings is 1. The van der Waals surface area contributed by atoms with Crippen LogP contribution in [0.4, 0.5) is 4.79 Å². The van der Waals surface area contributed by atoms with Crippen LogP contribution in [0.25, 0.3) is 0 Å². The molecule has 0 aliphatic heterocycles. The van der Waals surface area contributed by atoms with Crippen molar-refractivity contribution >= 4 is 17.9 Å². The van der Waals surface area contributed by atoms with Gasteiger partial charge in [-0.25, -0.2) is 4.79 Å². The van der Waals surface area contributed by atoms with Gasteiger partial charge in [-0.3, -0.25) is 9.59 Å². The van der Waals surface area contributed by atoms with Gasteiger partial charge >= 0.3 is 6.09 Å². The summed E-state index contributed by atoms with van der Waals surface area (Å²) in [6, 6.07) is 7.65. The second-order valence-electron chi connectivity index (χ2n) is 7.24. The Morgan fingerprint density at radius 3 is 2.11 bits per heavy atom. The Balaban J connectivity index is 2.12. The molecule has 0 radical (unpaired) electrons. The van der Waals surface area contributed by atoms with Crippen molar-refractivity contribution < 1.29 is 23.9 Å². The summed E-state index contributed by atoms with van der Waals surface area (Å²) in [7, 11) is 0. The molecule has 0 saturated carbocycles. The lowest BCUT2D eigenvalue weighted by Gasteiger charge is -2.19. The predicted octanol–water partition coefficient (Wildman–Crippen LogP) is 1.77. The number of amides is 3. The molecule has 0 aliphatic rings. The summed E-state index contributed by atoms with van der Waals surface area (Å²) >= 11 is 0. The number of hydrogen-bond donors (Lipinski definition) is 3. The summed E-state index contributed by atoms with van der Waals surface area (Å²) in [5, 5.41) is 7.59. The van der Waals surface area contributed by atoms with E-state index in [9.17, 15) is 14.4 Å². The van der Waals surface area contributed by atoms with Gasteiger partial charge < -0.3 is 25.4 Å². The molecule has 3 N–H and O–H groups in total. The first kappa shape index (κ1) is 23.3. The van der Waals surface area contributed by atoms with Gasteiger partial charge in [-0.1, -0.05) is 25.5 Å². The monoisotopic (exact) mass is 393 g/mol. The predicted molar refractivity (Wildman–Crippen MR) is 106 cm³/mol. The Kier molecular flexibility index (Phi) is 9.84. The molecule has 0 heterocycles. The van der Waals surface area contributed by atoms with Gasteiger partial charge in [0.2, 0.25) is 5.91 Å². The zero-order valence-electron chi connectivity index (χ0n) is 17.1. The minimum absolute atomic E-state index is 0.0960. The Labute approximate surface area is 166 Å². The maximum Gasteiger partial charge on any atom is 0.408 e. The molecule has 0 fully saturated rings. The summed E-state index contributed by atoms with van der Waals surface area (Å²) < 4.78 is 10.4. The highest BCUT2D eigenvalue weighted by Crippen LogP contribution is 2.13. The maximum atomic E-state index is 11.8. The van der Waals surface area contributed by atoms with Crippen molar-refractivity contribution in [2.45, 2.75) is 46.1 Å². The molecule has 0 unspecified atom stereocenters. The quantitative estimate of drug-likeness (QED) is 0.526. The molecular formula is C20H31N3O5. The minimum Gasteiger partial charge on any atom is -0.484 e. The lowest BCUT2D eigenvalue weighted by Crippen LogP contribution is -2.42. The van der Waals surface area contributed by atoms with Crippen molar-refractivity contribution in [1.29, 1.82) is 0 Å². The van der Waals surface area contributed by atoms with Crippen LogP contribution in [0.15, 0.2) is 24.3 Å². The van der Waals surface area contributed by atoms with Gasteiger partial charge in [0.25, 0.3) is 5.91 Å². The number of nitrogens with one attached hydrogen (secondary N) is 3. The second kappa shape index (κ2) is 11.8. The minimum atomic E-state index is -0.657. The van der Waals surface area contributed by atoms with Gasteiger partial charge in [-0.15, -0.1) is 0 Å².